The first-order valence-electron chi connectivity index (χ1n) is 4.56. The van der Waals surface area contributed by atoms with Crippen LogP contribution in [0.3, 0.4) is 0 Å². The van der Waals surface area contributed by atoms with E-state index >= 15 is 0 Å². The molecule has 1 amide bonds. The van der Waals surface area contributed by atoms with E-state index in [2.05, 4.69) is 15.0 Å². The molecule has 0 saturated heterocycles. The minimum atomic E-state index is -0.890. The fraction of sp³-hybridized carbons (Fsp3) is 0.444. The Kier molecular flexibility index (Phi) is 4.33. The van der Waals surface area contributed by atoms with Crippen molar-refractivity contribution in [3.8, 4) is 0 Å². The Labute approximate surface area is 86.3 Å². The van der Waals surface area contributed by atoms with Gasteiger partial charge in [0.2, 0.25) is 5.91 Å². The Morgan fingerprint density at radius 1 is 1.47 bits per heavy atom. The number of carbonyl (C=O) groups is 2. The summed E-state index contributed by atoms with van der Waals surface area (Å²) in [6, 6.07) is 1.65. The Hall–Kier alpha value is -1.85. The molecule has 15 heavy (non-hydrogen) atoms. The van der Waals surface area contributed by atoms with E-state index in [1.54, 1.807) is 6.07 Å². The van der Waals surface area contributed by atoms with Crippen molar-refractivity contribution in [2.75, 3.05) is 0 Å². The standard InChI is InChI=1S/C9H12N2O4/c12-8(2-1-3-9(13)14)10-6-7-4-5-15-11-7/h4-5H,1-3,6H2,(H,10,12)(H,13,14). The fourth-order valence-electron chi connectivity index (χ4n) is 1.01. The minimum absolute atomic E-state index is 0.0113. The third-order valence-electron chi connectivity index (χ3n) is 1.75. The molecule has 0 aromatic carbocycles. The summed E-state index contributed by atoms with van der Waals surface area (Å²) in [5.41, 5.74) is 0.640. The molecule has 0 saturated carbocycles. The van der Waals surface area contributed by atoms with E-state index in [4.69, 9.17) is 5.11 Å². The number of nitrogens with zero attached hydrogens (tertiary/aromatic N) is 1. The van der Waals surface area contributed by atoms with Crippen LogP contribution in [0.15, 0.2) is 16.9 Å². The van der Waals surface area contributed by atoms with Gasteiger partial charge in [0.25, 0.3) is 0 Å². The number of aromatic nitrogens is 1. The first-order chi connectivity index (χ1) is 7.18. The van der Waals surface area contributed by atoms with Crippen molar-refractivity contribution in [3.63, 3.8) is 0 Å². The number of amides is 1. The van der Waals surface area contributed by atoms with E-state index in [0.29, 0.717) is 18.7 Å². The molecule has 0 atom stereocenters. The van der Waals surface area contributed by atoms with Crippen molar-refractivity contribution >= 4 is 11.9 Å². The van der Waals surface area contributed by atoms with Crippen LogP contribution in [-0.4, -0.2) is 22.1 Å². The van der Waals surface area contributed by atoms with Crippen LogP contribution in [-0.2, 0) is 16.1 Å². The quantitative estimate of drug-likeness (QED) is 0.718. The number of nitrogens with one attached hydrogen (secondary N) is 1. The second-order valence-corrected chi connectivity index (χ2v) is 3.01. The molecule has 0 aliphatic rings. The summed E-state index contributed by atoms with van der Waals surface area (Å²) >= 11 is 0. The van der Waals surface area contributed by atoms with Gasteiger partial charge in [0.15, 0.2) is 0 Å². The minimum Gasteiger partial charge on any atom is -0.481 e. The van der Waals surface area contributed by atoms with Crippen LogP contribution < -0.4 is 5.32 Å². The molecule has 1 rings (SSSR count). The topological polar surface area (TPSA) is 92.4 Å². The lowest BCUT2D eigenvalue weighted by Gasteiger charge is -2.01. The van der Waals surface area contributed by atoms with E-state index < -0.39 is 5.97 Å². The van der Waals surface area contributed by atoms with Gasteiger partial charge in [-0.25, -0.2) is 0 Å². The number of hydrogen-bond acceptors (Lipinski definition) is 4. The predicted octanol–water partition coefficient (Wildman–Crippen LogP) is 0.546. The highest BCUT2D eigenvalue weighted by Gasteiger charge is 2.04. The first kappa shape index (κ1) is 11.2. The number of aliphatic carboxylic acids is 1. The van der Waals surface area contributed by atoms with E-state index in [1.165, 1.54) is 6.26 Å². The Balaban J connectivity index is 2.11. The maximum Gasteiger partial charge on any atom is 0.303 e. The number of rotatable bonds is 6. The van der Waals surface area contributed by atoms with Gasteiger partial charge in [0.05, 0.1) is 6.54 Å². The Morgan fingerprint density at radius 3 is 2.87 bits per heavy atom. The maximum absolute atomic E-state index is 11.2. The number of carboxylic acids is 1. The van der Waals surface area contributed by atoms with Crippen LogP contribution in [0.5, 0.6) is 0 Å². The van der Waals surface area contributed by atoms with Crippen molar-refractivity contribution < 1.29 is 19.2 Å². The van der Waals surface area contributed by atoms with Crippen molar-refractivity contribution in [2.45, 2.75) is 25.8 Å². The third kappa shape index (κ3) is 4.80. The SMILES string of the molecule is O=C(O)CCCC(=O)NCc1ccon1. The fourth-order valence-corrected chi connectivity index (χ4v) is 1.01. The lowest BCUT2D eigenvalue weighted by atomic mass is 10.2. The van der Waals surface area contributed by atoms with Crippen LogP contribution in [0.2, 0.25) is 0 Å². The van der Waals surface area contributed by atoms with Gasteiger partial charge in [-0.15, -0.1) is 0 Å². The largest absolute Gasteiger partial charge is 0.481 e. The molecule has 6 heteroatoms. The molecule has 1 aromatic rings. The van der Waals surface area contributed by atoms with Crippen LogP contribution in [0.1, 0.15) is 25.0 Å². The maximum atomic E-state index is 11.2. The second kappa shape index (κ2) is 5.79. The number of carbonyl (C=O) groups excluding carboxylic acids is 1. The van der Waals surface area contributed by atoms with E-state index in [9.17, 15) is 9.59 Å². The average molecular weight is 212 g/mol. The van der Waals surface area contributed by atoms with E-state index in [-0.39, 0.29) is 18.7 Å². The lowest BCUT2D eigenvalue weighted by molar-refractivity contribution is -0.137. The highest BCUT2D eigenvalue weighted by atomic mass is 16.5. The Morgan fingerprint density at radius 2 is 2.27 bits per heavy atom. The molecule has 1 aromatic heterocycles. The smallest absolute Gasteiger partial charge is 0.303 e. The molecule has 6 nitrogen and oxygen atoms in total. The van der Waals surface area contributed by atoms with Crippen molar-refractivity contribution in [1.82, 2.24) is 10.5 Å². The molecule has 0 bridgehead atoms. The average Bonchev–Trinajstić information content (AvgIpc) is 2.66. The molecule has 2 N–H and O–H groups in total. The van der Waals surface area contributed by atoms with Gasteiger partial charge in [-0.1, -0.05) is 5.16 Å². The van der Waals surface area contributed by atoms with Crippen LogP contribution >= 0.6 is 0 Å². The summed E-state index contributed by atoms with van der Waals surface area (Å²) in [7, 11) is 0. The molecular formula is C9H12N2O4. The molecule has 0 unspecified atom stereocenters. The summed E-state index contributed by atoms with van der Waals surface area (Å²) in [6.07, 6.45) is 1.99. The van der Waals surface area contributed by atoms with Gasteiger partial charge >= 0.3 is 5.97 Å². The van der Waals surface area contributed by atoms with Crippen LogP contribution in [0, 0.1) is 0 Å². The van der Waals surface area contributed by atoms with Gasteiger partial charge in [-0.05, 0) is 6.42 Å². The van der Waals surface area contributed by atoms with Gasteiger partial charge in [-0.2, -0.15) is 0 Å². The van der Waals surface area contributed by atoms with Crippen LogP contribution in [0.4, 0.5) is 0 Å². The van der Waals surface area contributed by atoms with Gasteiger partial charge in [0, 0.05) is 18.9 Å². The Bertz CT molecular complexity index is 321. The van der Waals surface area contributed by atoms with Gasteiger partial charge in [0.1, 0.15) is 12.0 Å². The third-order valence-corrected chi connectivity index (χ3v) is 1.75. The van der Waals surface area contributed by atoms with Crippen molar-refractivity contribution in [2.24, 2.45) is 0 Å². The van der Waals surface area contributed by atoms with Crippen molar-refractivity contribution in [1.29, 1.82) is 0 Å². The zero-order valence-electron chi connectivity index (χ0n) is 8.10. The van der Waals surface area contributed by atoms with Gasteiger partial charge < -0.3 is 14.9 Å². The highest BCUT2D eigenvalue weighted by Crippen LogP contribution is 1.97. The number of hydrogen-bond donors (Lipinski definition) is 2. The molecule has 0 spiro atoms. The molecule has 1 heterocycles. The summed E-state index contributed by atoms with van der Waals surface area (Å²) in [4.78, 5) is 21.3. The van der Waals surface area contributed by atoms with E-state index in [1.807, 2.05) is 0 Å². The molecule has 0 radical (unpaired) electrons. The predicted molar refractivity (Wildman–Crippen MR) is 49.8 cm³/mol. The van der Waals surface area contributed by atoms with E-state index in [0.717, 1.165) is 0 Å². The van der Waals surface area contributed by atoms with Crippen molar-refractivity contribution in [3.05, 3.63) is 18.0 Å². The summed E-state index contributed by atoms with van der Waals surface area (Å²) < 4.78 is 4.58. The lowest BCUT2D eigenvalue weighted by Crippen LogP contribution is -2.22. The normalized spacial score (nSPS) is 9.87. The number of carboxylic acid groups (broad SMARTS) is 1. The zero-order chi connectivity index (χ0) is 11.1. The molecule has 0 aliphatic carbocycles. The molecular weight excluding hydrogens is 200 g/mol. The zero-order valence-corrected chi connectivity index (χ0v) is 8.10. The van der Waals surface area contributed by atoms with Crippen LogP contribution in [0.25, 0.3) is 0 Å². The molecule has 82 valence electrons. The summed E-state index contributed by atoms with van der Waals surface area (Å²) in [6.45, 7) is 0.308. The molecule has 0 aliphatic heterocycles. The highest BCUT2D eigenvalue weighted by molar-refractivity contribution is 5.76. The summed E-state index contributed by atoms with van der Waals surface area (Å²) in [5, 5.41) is 14.6. The second-order valence-electron chi connectivity index (χ2n) is 3.01. The van der Waals surface area contributed by atoms with Gasteiger partial charge in [-0.3, -0.25) is 9.59 Å². The summed E-state index contributed by atoms with van der Waals surface area (Å²) in [5.74, 6) is -1.07. The molecule has 0 fully saturated rings. The first-order valence-corrected chi connectivity index (χ1v) is 4.56. The monoisotopic (exact) mass is 212 g/mol.